The predicted octanol–water partition coefficient (Wildman–Crippen LogP) is 8.14. The highest BCUT2D eigenvalue weighted by Gasteiger charge is 2.39. The zero-order valence-electron chi connectivity index (χ0n) is 19.4. The fraction of sp³-hybridized carbons (Fsp3) is 0.957. The van der Waals surface area contributed by atoms with Crippen LogP contribution in [0.2, 0.25) is 18.1 Å². The second kappa shape index (κ2) is 15.0. The van der Waals surface area contributed by atoms with Gasteiger partial charge in [0.15, 0.2) is 8.32 Å². The Hall–Kier alpha value is 0.0669. The standard InChI is InChI=1S/C23H49NOSSi/c1-7-8-9-10-11-12-13-14-15-16-17-18-19-20-21(22(24)26)25-27(5,6)23(2,3)4/h21H,7-20H2,1-6H3,(H2,24,26). The second-order valence-electron chi connectivity index (χ2n) is 9.80. The molecule has 0 bridgehead atoms. The third kappa shape index (κ3) is 13.8. The molecule has 0 saturated heterocycles. The van der Waals surface area contributed by atoms with E-state index in [4.69, 9.17) is 22.4 Å². The molecule has 0 spiro atoms. The normalized spacial score (nSPS) is 13.7. The highest BCUT2D eigenvalue weighted by atomic mass is 32.1. The first-order valence-corrected chi connectivity index (χ1v) is 14.9. The first-order valence-electron chi connectivity index (χ1n) is 11.6. The Balaban J connectivity index is 3.73. The largest absolute Gasteiger partial charge is 0.408 e. The van der Waals surface area contributed by atoms with Crippen molar-refractivity contribution in [1.82, 2.24) is 0 Å². The molecule has 1 unspecified atom stereocenters. The van der Waals surface area contributed by atoms with E-state index in [1.54, 1.807) is 0 Å². The molecule has 0 saturated carbocycles. The van der Waals surface area contributed by atoms with Crippen molar-refractivity contribution in [3.8, 4) is 0 Å². The van der Waals surface area contributed by atoms with E-state index in [0.717, 1.165) is 6.42 Å². The molecule has 0 amide bonds. The average molecular weight is 416 g/mol. The molecule has 27 heavy (non-hydrogen) atoms. The van der Waals surface area contributed by atoms with Crippen LogP contribution in [0.3, 0.4) is 0 Å². The molecule has 0 aliphatic carbocycles. The molecule has 0 fully saturated rings. The predicted molar refractivity (Wildman–Crippen MR) is 129 cm³/mol. The SMILES string of the molecule is CCCCCCCCCCCCCCCC(O[Si](C)(C)C(C)(C)C)C(N)=S. The molecule has 0 heterocycles. The summed E-state index contributed by atoms with van der Waals surface area (Å²) in [6.45, 7) is 13.6. The van der Waals surface area contributed by atoms with E-state index < -0.39 is 8.32 Å². The Labute approximate surface area is 177 Å². The van der Waals surface area contributed by atoms with Crippen LogP contribution in [0.25, 0.3) is 0 Å². The van der Waals surface area contributed by atoms with Crippen molar-refractivity contribution >= 4 is 25.5 Å². The lowest BCUT2D eigenvalue weighted by atomic mass is 10.0. The highest BCUT2D eigenvalue weighted by Crippen LogP contribution is 2.37. The summed E-state index contributed by atoms with van der Waals surface area (Å²) in [7, 11) is -1.80. The van der Waals surface area contributed by atoms with Crippen LogP contribution in [0.5, 0.6) is 0 Å². The minimum atomic E-state index is -1.80. The van der Waals surface area contributed by atoms with Crippen LogP contribution in [-0.2, 0) is 4.43 Å². The molecule has 0 aliphatic rings. The lowest BCUT2D eigenvalue weighted by molar-refractivity contribution is 0.228. The van der Waals surface area contributed by atoms with E-state index in [9.17, 15) is 0 Å². The summed E-state index contributed by atoms with van der Waals surface area (Å²) in [5, 5.41) is 0.200. The highest BCUT2D eigenvalue weighted by molar-refractivity contribution is 7.80. The number of nitrogens with two attached hydrogens (primary N) is 1. The van der Waals surface area contributed by atoms with Gasteiger partial charge >= 0.3 is 0 Å². The van der Waals surface area contributed by atoms with Gasteiger partial charge in [-0.3, -0.25) is 0 Å². The summed E-state index contributed by atoms with van der Waals surface area (Å²) in [5.74, 6) is 0. The zero-order valence-corrected chi connectivity index (χ0v) is 21.2. The van der Waals surface area contributed by atoms with E-state index >= 15 is 0 Å². The maximum Gasteiger partial charge on any atom is 0.193 e. The molecule has 0 aromatic heterocycles. The Bertz CT molecular complexity index is 379. The van der Waals surface area contributed by atoms with Crippen LogP contribution in [-0.4, -0.2) is 19.4 Å². The summed E-state index contributed by atoms with van der Waals surface area (Å²) in [6, 6.07) is 0. The van der Waals surface area contributed by atoms with Gasteiger partial charge in [0, 0.05) is 0 Å². The molecule has 0 aromatic rings. The molecule has 0 radical (unpaired) electrons. The quantitative estimate of drug-likeness (QED) is 0.148. The van der Waals surface area contributed by atoms with Gasteiger partial charge in [-0.05, 0) is 24.6 Å². The van der Waals surface area contributed by atoms with Crippen molar-refractivity contribution in [1.29, 1.82) is 0 Å². The molecule has 0 aliphatic heterocycles. The summed E-state index contributed by atoms with van der Waals surface area (Å²) < 4.78 is 6.44. The molecule has 0 aromatic carbocycles. The van der Waals surface area contributed by atoms with Gasteiger partial charge in [0.05, 0.1) is 6.10 Å². The van der Waals surface area contributed by atoms with Crippen LogP contribution in [0.1, 0.15) is 118 Å². The van der Waals surface area contributed by atoms with Crippen LogP contribution in [0, 0.1) is 0 Å². The monoisotopic (exact) mass is 415 g/mol. The molecule has 0 rings (SSSR count). The molecular formula is C23H49NOSSi. The Morgan fingerprint density at radius 3 is 1.52 bits per heavy atom. The zero-order chi connectivity index (χ0) is 20.8. The van der Waals surface area contributed by atoms with E-state index in [-0.39, 0.29) is 11.1 Å². The minimum absolute atomic E-state index is 0.0337. The number of hydrogen-bond acceptors (Lipinski definition) is 2. The molecular weight excluding hydrogens is 366 g/mol. The van der Waals surface area contributed by atoms with Crippen molar-refractivity contribution in [2.75, 3.05) is 0 Å². The van der Waals surface area contributed by atoms with Crippen molar-refractivity contribution in [3.05, 3.63) is 0 Å². The lowest BCUT2D eigenvalue weighted by Crippen LogP contribution is -2.47. The van der Waals surface area contributed by atoms with Crippen molar-refractivity contribution in [2.24, 2.45) is 5.73 Å². The minimum Gasteiger partial charge on any atom is -0.408 e. The Kier molecular flexibility index (Phi) is 15.0. The molecule has 2 N–H and O–H groups in total. The first kappa shape index (κ1) is 27.1. The molecule has 4 heteroatoms. The Morgan fingerprint density at radius 1 is 0.815 bits per heavy atom. The van der Waals surface area contributed by atoms with E-state index in [0.29, 0.717) is 4.99 Å². The number of rotatable bonds is 17. The van der Waals surface area contributed by atoms with Crippen molar-refractivity contribution in [3.63, 3.8) is 0 Å². The summed E-state index contributed by atoms with van der Waals surface area (Å²) in [4.78, 5) is 0.541. The summed E-state index contributed by atoms with van der Waals surface area (Å²) >= 11 is 5.28. The number of thiocarbonyl (C=S) groups is 1. The smallest absolute Gasteiger partial charge is 0.193 e. The topological polar surface area (TPSA) is 35.2 Å². The van der Waals surface area contributed by atoms with E-state index in [2.05, 4.69) is 40.8 Å². The summed E-state index contributed by atoms with van der Waals surface area (Å²) in [5.41, 5.74) is 5.96. The van der Waals surface area contributed by atoms with Gasteiger partial charge in [-0.2, -0.15) is 0 Å². The first-order chi connectivity index (χ1) is 12.6. The number of unbranched alkanes of at least 4 members (excludes halogenated alkanes) is 12. The Morgan fingerprint density at radius 2 is 1.19 bits per heavy atom. The van der Waals surface area contributed by atoms with Crippen LogP contribution in [0.15, 0.2) is 0 Å². The van der Waals surface area contributed by atoms with Gasteiger partial charge in [-0.15, -0.1) is 0 Å². The fourth-order valence-electron chi connectivity index (χ4n) is 3.14. The lowest BCUT2D eigenvalue weighted by Gasteiger charge is -2.39. The molecule has 162 valence electrons. The van der Waals surface area contributed by atoms with Crippen molar-refractivity contribution in [2.45, 2.75) is 142 Å². The van der Waals surface area contributed by atoms with Gasteiger partial charge in [-0.1, -0.05) is 123 Å². The number of hydrogen-bond donors (Lipinski definition) is 1. The maximum absolute atomic E-state index is 6.44. The van der Waals surface area contributed by atoms with Crippen LogP contribution < -0.4 is 5.73 Å². The van der Waals surface area contributed by atoms with Crippen molar-refractivity contribution < 1.29 is 4.43 Å². The van der Waals surface area contributed by atoms with Gasteiger partial charge in [0.25, 0.3) is 0 Å². The molecule has 1 atom stereocenters. The van der Waals surface area contributed by atoms with E-state index in [1.807, 2.05) is 0 Å². The third-order valence-electron chi connectivity index (χ3n) is 6.13. The maximum atomic E-state index is 6.44. The fourth-order valence-corrected chi connectivity index (χ4v) is 4.70. The van der Waals surface area contributed by atoms with E-state index in [1.165, 1.54) is 83.5 Å². The van der Waals surface area contributed by atoms with Gasteiger partial charge in [0.2, 0.25) is 0 Å². The van der Waals surface area contributed by atoms with Crippen LogP contribution in [0.4, 0.5) is 0 Å². The van der Waals surface area contributed by atoms with Gasteiger partial charge < -0.3 is 10.2 Å². The van der Waals surface area contributed by atoms with Gasteiger partial charge in [-0.25, -0.2) is 0 Å². The molecule has 2 nitrogen and oxygen atoms in total. The van der Waals surface area contributed by atoms with Crippen LogP contribution >= 0.6 is 12.2 Å². The summed E-state index contributed by atoms with van der Waals surface area (Å²) in [6.07, 6.45) is 18.9. The second-order valence-corrected chi connectivity index (χ2v) is 15.0. The van der Waals surface area contributed by atoms with Gasteiger partial charge in [0.1, 0.15) is 4.99 Å². The average Bonchev–Trinajstić information content (AvgIpc) is 2.56. The third-order valence-corrected chi connectivity index (χ3v) is 10.9.